The van der Waals surface area contributed by atoms with Crippen molar-refractivity contribution in [3.05, 3.63) is 54.6 Å². The summed E-state index contributed by atoms with van der Waals surface area (Å²) in [5.41, 5.74) is 0. The van der Waals surface area contributed by atoms with Crippen LogP contribution in [0.2, 0.25) is 0 Å². The molecule has 0 bridgehead atoms. The Balaban J connectivity index is 2.20. The molecule has 0 unspecified atom stereocenters. The van der Waals surface area contributed by atoms with E-state index in [4.69, 9.17) is 4.55 Å². The van der Waals surface area contributed by atoms with E-state index in [1.165, 1.54) is 16.6 Å². The van der Waals surface area contributed by atoms with Gasteiger partial charge in [0, 0.05) is 0 Å². The third kappa shape index (κ3) is 3.41. The first-order valence-corrected chi connectivity index (χ1v) is 8.01. The van der Waals surface area contributed by atoms with Gasteiger partial charge in [-0.3, -0.25) is 0 Å². The molecule has 17 heavy (non-hydrogen) atoms. The predicted octanol–water partition coefficient (Wildman–Crippen LogP) is 0.588. The Labute approximate surface area is 106 Å². The van der Waals surface area contributed by atoms with E-state index in [1.54, 1.807) is 12.1 Å². The maximum atomic E-state index is 10.9. The molecule has 88 valence electrons. The average Bonchev–Trinajstić information content (AvgIpc) is 2.30. The van der Waals surface area contributed by atoms with Gasteiger partial charge in [0.1, 0.15) is 0 Å². The molecule has 0 amide bonds. The summed E-state index contributed by atoms with van der Waals surface area (Å²) < 4.78 is 32.9. The van der Waals surface area contributed by atoms with Crippen molar-refractivity contribution in [2.24, 2.45) is 0 Å². The van der Waals surface area contributed by atoms with Crippen molar-refractivity contribution in [1.82, 2.24) is 0 Å². The molecule has 0 aliphatic rings. The first kappa shape index (κ1) is 12.3. The Morgan fingerprint density at radius 2 is 1.35 bits per heavy atom. The predicted molar refractivity (Wildman–Crippen MR) is 67.7 cm³/mol. The van der Waals surface area contributed by atoms with E-state index >= 15 is 0 Å². The Kier molecular flexibility index (Phi) is 3.64. The molecule has 2 aromatic carbocycles. The normalized spacial score (nSPS) is 11.4. The molecule has 2 rings (SSSR count). The molecule has 0 radical (unpaired) electrons. The van der Waals surface area contributed by atoms with Crippen LogP contribution in [0.5, 0.6) is 0 Å². The van der Waals surface area contributed by atoms with Crippen LogP contribution in [-0.4, -0.2) is 27.9 Å². The molecule has 2 aromatic rings. The summed E-state index contributed by atoms with van der Waals surface area (Å²) in [5, 5.41) is 0. The zero-order valence-corrected chi connectivity index (χ0v) is 11.3. The number of hydrogen-bond donors (Lipinski definition) is 1. The Bertz CT molecular complexity index is 591. The summed E-state index contributed by atoms with van der Waals surface area (Å²) in [4.78, 5) is -0.0647. The van der Waals surface area contributed by atoms with Gasteiger partial charge in [-0.1, -0.05) is 0 Å². The quantitative estimate of drug-likeness (QED) is 0.666. The van der Waals surface area contributed by atoms with E-state index in [9.17, 15) is 8.42 Å². The fourth-order valence-electron chi connectivity index (χ4n) is 1.30. The van der Waals surface area contributed by atoms with Crippen molar-refractivity contribution >= 4 is 34.0 Å². The zero-order chi connectivity index (χ0) is 12.3. The van der Waals surface area contributed by atoms with Crippen LogP contribution >= 0.6 is 0 Å². The van der Waals surface area contributed by atoms with Crippen LogP contribution in [0.4, 0.5) is 0 Å². The summed E-state index contributed by atoms with van der Waals surface area (Å²) in [5.74, 6) is 0. The topological polar surface area (TPSA) is 54.4 Å². The van der Waals surface area contributed by atoms with Gasteiger partial charge in [0.25, 0.3) is 0 Å². The van der Waals surface area contributed by atoms with Crippen LogP contribution in [0.25, 0.3) is 0 Å². The maximum absolute atomic E-state index is 10.9. The van der Waals surface area contributed by atoms with E-state index < -0.39 is 10.1 Å². The fourth-order valence-corrected chi connectivity index (χ4v) is 3.54. The minimum absolute atomic E-state index is 0.0647. The Morgan fingerprint density at radius 3 is 1.88 bits per heavy atom. The van der Waals surface area contributed by atoms with Crippen molar-refractivity contribution in [2.45, 2.75) is 4.90 Å². The standard InChI is InChI=1S/C12H10O3SSe/c13-16(14,15)10-6-8-12(9-7-10)17-11-4-2-1-3-5-11/h1-9H,(H,13,14,15). The molecule has 1 N–H and O–H groups in total. The molecule has 0 aliphatic heterocycles. The second-order valence-electron chi connectivity index (χ2n) is 3.36. The molecular weight excluding hydrogens is 303 g/mol. The molecule has 0 aromatic heterocycles. The molecule has 0 saturated carbocycles. The third-order valence-electron chi connectivity index (χ3n) is 2.10. The molecule has 3 nitrogen and oxygen atoms in total. The molecule has 0 atom stereocenters. The van der Waals surface area contributed by atoms with E-state index in [2.05, 4.69) is 0 Å². The minimum atomic E-state index is -4.09. The number of hydrogen-bond acceptors (Lipinski definition) is 2. The zero-order valence-electron chi connectivity index (χ0n) is 8.78. The third-order valence-corrected chi connectivity index (χ3v) is 5.10. The molecule has 0 heterocycles. The first-order chi connectivity index (χ1) is 8.05. The van der Waals surface area contributed by atoms with Gasteiger partial charge >= 0.3 is 106 Å². The summed E-state index contributed by atoms with van der Waals surface area (Å²) >= 11 is 0.152. The van der Waals surface area contributed by atoms with E-state index in [-0.39, 0.29) is 19.9 Å². The number of rotatable bonds is 3. The molecule has 5 heteroatoms. The van der Waals surface area contributed by atoms with Crippen molar-refractivity contribution < 1.29 is 13.0 Å². The molecule has 0 aliphatic carbocycles. The summed E-state index contributed by atoms with van der Waals surface area (Å²) in [6, 6.07) is 16.3. The SMILES string of the molecule is O=S(=O)(O)c1ccc([Se]c2ccccc2)cc1. The van der Waals surface area contributed by atoms with Gasteiger partial charge in [0.2, 0.25) is 0 Å². The molecular formula is C12H10O3SSe. The molecule has 0 spiro atoms. The van der Waals surface area contributed by atoms with E-state index in [0.717, 1.165) is 4.46 Å². The van der Waals surface area contributed by atoms with Gasteiger partial charge in [-0.2, -0.15) is 0 Å². The van der Waals surface area contributed by atoms with Gasteiger partial charge in [0.05, 0.1) is 0 Å². The van der Waals surface area contributed by atoms with Crippen LogP contribution in [0.15, 0.2) is 59.5 Å². The van der Waals surface area contributed by atoms with Gasteiger partial charge in [-0.15, -0.1) is 0 Å². The summed E-state index contributed by atoms with van der Waals surface area (Å²) in [6.45, 7) is 0. The van der Waals surface area contributed by atoms with Crippen LogP contribution in [0.1, 0.15) is 0 Å². The van der Waals surface area contributed by atoms with Gasteiger partial charge in [0.15, 0.2) is 0 Å². The van der Waals surface area contributed by atoms with Crippen LogP contribution < -0.4 is 8.92 Å². The number of benzene rings is 2. The second-order valence-corrected chi connectivity index (χ2v) is 7.19. The van der Waals surface area contributed by atoms with Crippen LogP contribution in [-0.2, 0) is 10.1 Å². The van der Waals surface area contributed by atoms with Crippen molar-refractivity contribution in [3.63, 3.8) is 0 Å². The summed E-state index contributed by atoms with van der Waals surface area (Å²) in [7, 11) is -4.09. The van der Waals surface area contributed by atoms with Crippen molar-refractivity contribution in [3.8, 4) is 0 Å². The van der Waals surface area contributed by atoms with Gasteiger partial charge < -0.3 is 0 Å². The second kappa shape index (κ2) is 5.02. The summed E-state index contributed by atoms with van der Waals surface area (Å²) in [6.07, 6.45) is 0. The van der Waals surface area contributed by atoms with Crippen molar-refractivity contribution in [1.29, 1.82) is 0 Å². The molecule has 0 fully saturated rings. The van der Waals surface area contributed by atoms with E-state index in [0.29, 0.717) is 0 Å². The van der Waals surface area contributed by atoms with Gasteiger partial charge in [-0.05, 0) is 0 Å². The van der Waals surface area contributed by atoms with Crippen LogP contribution in [0, 0.1) is 0 Å². The van der Waals surface area contributed by atoms with Gasteiger partial charge in [-0.25, -0.2) is 0 Å². The Hall–Kier alpha value is -1.13. The van der Waals surface area contributed by atoms with Crippen LogP contribution in [0.3, 0.4) is 0 Å². The monoisotopic (exact) mass is 314 g/mol. The first-order valence-electron chi connectivity index (χ1n) is 4.86. The van der Waals surface area contributed by atoms with E-state index in [1.807, 2.05) is 30.3 Å². The van der Waals surface area contributed by atoms with Crippen molar-refractivity contribution in [2.75, 3.05) is 0 Å². The Morgan fingerprint density at radius 1 is 0.824 bits per heavy atom. The fraction of sp³-hybridized carbons (Fsp3) is 0. The average molecular weight is 313 g/mol. The molecule has 0 saturated heterocycles.